The maximum absolute atomic E-state index is 11.3. The molecular weight excluding hydrogens is 394 g/mol. The number of aromatic amines is 1. The van der Waals surface area contributed by atoms with Gasteiger partial charge in [0, 0.05) is 50.1 Å². The van der Waals surface area contributed by atoms with E-state index in [9.17, 15) is 4.79 Å². The number of aromatic nitrogens is 6. The molecule has 1 aliphatic carbocycles. The molecule has 0 aliphatic heterocycles. The second kappa shape index (κ2) is 7.86. The Bertz CT molecular complexity index is 1240. The Morgan fingerprint density at radius 3 is 2.71 bits per heavy atom. The minimum absolute atomic E-state index is 0.0354. The number of anilines is 2. The summed E-state index contributed by atoms with van der Waals surface area (Å²) in [5, 5.41) is 14.8. The van der Waals surface area contributed by atoms with Gasteiger partial charge in [-0.3, -0.25) is 4.79 Å². The molecule has 4 aromatic rings. The summed E-state index contributed by atoms with van der Waals surface area (Å²) in [5.74, 6) is 1.37. The van der Waals surface area contributed by atoms with Gasteiger partial charge < -0.3 is 20.9 Å². The zero-order valence-corrected chi connectivity index (χ0v) is 17.5. The number of nitrogens with one attached hydrogen (secondary N) is 4. The smallest absolute Gasteiger partial charge is 0.226 e. The number of hydrogen-bond acceptors (Lipinski definition) is 7. The lowest BCUT2D eigenvalue weighted by molar-refractivity contribution is -0.119. The average Bonchev–Trinajstić information content (AvgIpc) is 3.40. The minimum Gasteiger partial charge on any atom is -0.372 e. The summed E-state index contributed by atoms with van der Waals surface area (Å²) in [6, 6.07) is 4.35. The third-order valence-electron chi connectivity index (χ3n) is 5.77. The normalized spacial score (nSPS) is 18.9. The van der Waals surface area contributed by atoms with Crippen molar-refractivity contribution in [3.63, 3.8) is 0 Å². The van der Waals surface area contributed by atoms with E-state index in [1.165, 1.54) is 0 Å². The van der Waals surface area contributed by atoms with E-state index in [0.29, 0.717) is 5.95 Å². The molecule has 1 amide bonds. The van der Waals surface area contributed by atoms with Crippen LogP contribution in [0, 0.1) is 0 Å². The van der Waals surface area contributed by atoms with Gasteiger partial charge in [0.05, 0.1) is 17.3 Å². The van der Waals surface area contributed by atoms with Gasteiger partial charge in [0.25, 0.3) is 0 Å². The van der Waals surface area contributed by atoms with Crippen molar-refractivity contribution in [3.8, 4) is 11.3 Å². The summed E-state index contributed by atoms with van der Waals surface area (Å²) in [6.07, 6.45) is 9.37. The van der Waals surface area contributed by atoms with E-state index in [0.717, 1.165) is 59.4 Å². The third kappa shape index (κ3) is 3.76. The number of H-pyrrole nitrogens is 1. The van der Waals surface area contributed by atoms with Crippen molar-refractivity contribution >= 4 is 34.4 Å². The van der Waals surface area contributed by atoms with Gasteiger partial charge >= 0.3 is 0 Å². The van der Waals surface area contributed by atoms with Crippen LogP contribution in [-0.4, -0.2) is 54.6 Å². The van der Waals surface area contributed by atoms with E-state index in [4.69, 9.17) is 15.0 Å². The predicted octanol–water partition coefficient (Wildman–Crippen LogP) is 2.57. The molecule has 0 aromatic carbocycles. The molecule has 1 saturated carbocycles. The van der Waals surface area contributed by atoms with E-state index >= 15 is 0 Å². The second-order valence-electron chi connectivity index (χ2n) is 7.91. The average molecular weight is 419 g/mol. The van der Waals surface area contributed by atoms with Crippen LogP contribution in [0.3, 0.4) is 0 Å². The molecule has 0 unspecified atom stereocenters. The van der Waals surface area contributed by atoms with Crippen LogP contribution < -0.4 is 16.0 Å². The zero-order chi connectivity index (χ0) is 21.4. The largest absolute Gasteiger partial charge is 0.372 e. The Kier molecular flexibility index (Phi) is 4.89. The van der Waals surface area contributed by atoms with Gasteiger partial charge in [-0.15, -0.1) is 0 Å². The van der Waals surface area contributed by atoms with Crippen molar-refractivity contribution in [2.24, 2.45) is 0 Å². The van der Waals surface area contributed by atoms with Gasteiger partial charge in [0.15, 0.2) is 5.65 Å². The molecule has 0 radical (unpaired) electrons. The quantitative estimate of drug-likeness (QED) is 0.392. The van der Waals surface area contributed by atoms with E-state index in [1.807, 2.05) is 31.6 Å². The van der Waals surface area contributed by atoms with Crippen LogP contribution in [0.5, 0.6) is 0 Å². The summed E-state index contributed by atoms with van der Waals surface area (Å²) in [4.78, 5) is 28.7. The Labute approximate surface area is 178 Å². The second-order valence-corrected chi connectivity index (χ2v) is 7.91. The summed E-state index contributed by atoms with van der Waals surface area (Å²) < 4.78 is 1.73. The van der Waals surface area contributed by atoms with Crippen molar-refractivity contribution in [1.29, 1.82) is 0 Å². The molecule has 1 fully saturated rings. The molecule has 160 valence electrons. The van der Waals surface area contributed by atoms with Crippen LogP contribution in [0.15, 0.2) is 30.7 Å². The van der Waals surface area contributed by atoms with E-state index in [-0.39, 0.29) is 18.0 Å². The van der Waals surface area contributed by atoms with E-state index in [1.54, 1.807) is 17.6 Å². The van der Waals surface area contributed by atoms with Gasteiger partial charge in [-0.25, -0.2) is 9.50 Å². The Morgan fingerprint density at radius 1 is 1.13 bits per heavy atom. The van der Waals surface area contributed by atoms with E-state index in [2.05, 4.69) is 26.0 Å². The molecule has 0 bridgehead atoms. The van der Waals surface area contributed by atoms with Crippen LogP contribution in [0.1, 0.15) is 32.6 Å². The Hall–Kier alpha value is -3.69. The topological polar surface area (TPSA) is 125 Å². The van der Waals surface area contributed by atoms with Crippen molar-refractivity contribution in [2.75, 3.05) is 17.7 Å². The lowest BCUT2D eigenvalue weighted by atomic mass is 9.91. The summed E-state index contributed by atoms with van der Waals surface area (Å²) in [6.45, 7) is 1.57. The molecule has 0 spiro atoms. The first-order chi connectivity index (χ1) is 15.1. The van der Waals surface area contributed by atoms with Crippen molar-refractivity contribution in [1.82, 2.24) is 34.9 Å². The number of carbonyl (C=O) groups is 1. The molecule has 0 saturated heterocycles. The molecule has 31 heavy (non-hydrogen) atoms. The molecule has 4 N–H and O–H groups in total. The number of rotatable bonds is 5. The summed E-state index contributed by atoms with van der Waals surface area (Å²) in [7, 11) is 1.86. The lowest BCUT2D eigenvalue weighted by Crippen LogP contribution is -2.39. The molecule has 4 aromatic heterocycles. The number of nitrogens with zero attached hydrogens (tertiary/aromatic N) is 5. The lowest BCUT2D eigenvalue weighted by Gasteiger charge is -2.29. The highest BCUT2D eigenvalue weighted by atomic mass is 16.1. The molecule has 4 heterocycles. The first-order valence-electron chi connectivity index (χ1n) is 10.5. The highest BCUT2D eigenvalue weighted by Crippen LogP contribution is 2.32. The number of amides is 1. The van der Waals surface area contributed by atoms with Gasteiger partial charge in [-0.2, -0.15) is 15.1 Å². The van der Waals surface area contributed by atoms with Gasteiger partial charge in [0.2, 0.25) is 11.9 Å². The molecule has 10 nitrogen and oxygen atoms in total. The fraction of sp³-hybridized carbons (Fsp3) is 0.381. The number of fused-ring (bicyclic) bond motifs is 2. The maximum Gasteiger partial charge on any atom is 0.226 e. The summed E-state index contributed by atoms with van der Waals surface area (Å²) in [5.41, 5.74) is 3.30. The zero-order valence-electron chi connectivity index (χ0n) is 17.5. The van der Waals surface area contributed by atoms with Crippen LogP contribution in [-0.2, 0) is 4.79 Å². The SMILES string of the molecule is CNc1nc(N[C@H]2CC[C@H](NC(C)=O)CC2)nc2[nH]cc(-c3ccn4nccc4n3)c12. The summed E-state index contributed by atoms with van der Waals surface area (Å²) >= 11 is 0. The number of carbonyl (C=O) groups excluding carboxylic acids is 1. The molecule has 1 aliphatic rings. The standard InChI is InChI=1S/C21H25N9O/c1-12(31)25-13-3-5-14(6-4-13)26-21-28-19(22-2)18-15(11-23-20(18)29-21)16-8-10-30-17(27-16)7-9-24-30/h7-11,13-14H,3-6H2,1-2H3,(H,25,31)(H3,22,23,26,28,29)/t13-,14-. The predicted molar refractivity (Wildman–Crippen MR) is 119 cm³/mol. The first-order valence-corrected chi connectivity index (χ1v) is 10.5. The molecule has 0 atom stereocenters. The first kappa shape index (κ1) is 19.3. The van der Waals surface area contributed by atoms with Crippen molar-refractivity contribution in [3.05, 3.63) is 30.7 Å². The van der Waals surface area contributed by atoms with Crippen molar-refractivity contribution in [2.45, 2.75) is 44.7 Å². The number of hydrogen-bond donors (Lipinski definition) is 4. The highest BCUT2D eigenvalue weighted by Gasteiger charge is 2.23. The maximum atomic E-state index is 11.3. The van der Waals surface area contributed by atoms with Crippen LogP contribution in [0.4, 0.5) is 11.8 Å². The fourth-order valence-electron chi connectivity index (χ4n) is 4.30. The van der Waals surface area contributed by atoms with Crippen LogP contribution in [0.25, 0.3) is 27.9 Å². The molecule has 5 rings (SSSR count). The molecular formula is C21H25N9O. The van der Waals surface area contributed by atoms with E-state index < -0.39 is 0 Å². The van der Waals surface area contributed by atoms with Crippen LogP contribution in [0.2, 0.25) is 0 Å². The molecule has 10 heteroatoms. The third-order valence-corrected chi connectivity index (χ3v) is 5.77. The van der Waals surface area contributed by atoms with Gasteiger partial charge in [-0.05, 0) is 31.7 Å². The van der Waals surface area contributed by atoms with Gasteiger partial charge in [0.1, 0.15) is 11.5 Å². The van der Waals surface area contributed by atoms with Crippen molar-refractivity contribution < 1.29 is 4.79 Å². The van der Waals surface area contributed by atoms with Gasteiger partial charge in [-0.1, -0.05) is 0 Å². The monoisotopic (exact) mass is 419 g/mol. The Morgan fingerprint density at radius 2 is 1.94 bits per heavy atom. The minimum atomic E-state index is 0.0354. The fourth-order valence-corrected chi connectivity index (χ4v) is 4.30. The van der Waals surface area contributed by atoms with Crippen LogP contribution >= 0.6 is 0 Å². The highest BCUT2D eigenvalue weighted by molar-refractivity contribution is 6.00. The Balaban J connectivity index is 1.40.